The van der Waals surface area contributed by atoms with Gasteiger partial charge in [0.1, 0.15) is 5.19 Å². The number of halogens is 4. The van der Waals surface area contributed by atoms with E-state index in [1.54, 1.807) is 40.4 Å². The third-order valence-electron chi connectivity index (χ3n) is 2.94. The summed E-state index contributed by atoms with van der Waals surface area (Å²) in [6.07, 6.45) is 0. The Bertz CT molecular complexity index is 562. The van der Waals surface area contributed by atoms with Crippen molar-refractivity contribution < 1.29 is 35.3 Å². The van der Waals surface area contributed by atoms with Crippen LogP contribution in [0.2, 0.25) is 19.6 Å². The molecular weight excluding hydrogens is 376 g/mol. The minimum atomic E-state index is -4.18. The lowest BCUT2D eigenvalue weighted by Gasteiger charge is -2.30. The topological polar surface area (TPSA) is 36.9 Å². The van der Waals surface area contributed by atoms with E-state index in [1.807, 2.05) is 0 Å². The van der Waals surface area contributed by atoms with Gasteiger partial charge in [0.25, 0.3) is 0 Å². The van der Waals surface area contributed by atoms with Crippen LogP contribution in [0.15, 0.2) is 0 Å². The second kappa shape index (κ2) is 8.63. The van der Waals surface area contributed by atoms with Gasteiger partial charge in [-0.15, -0.1) is 0 Å². The zero-order valence-corrected chi connectivity index (χ0v) is 17.3. The lowest BCUT2D eigenvalue weighted by atomic mass is 10.3. The average Bonchev–Trinajstić information content (AvgIpc) is 2.50. The summed E-state index contributed by atoms with van der Waals surface area (Å²) in [6.45, 7) is 9.55. The third kappa shape index (κ3) is 4.82. The van der Waals surface area contributed by atoms with Crippen molar-refractivity contribution in [2.24, 2.45) is 0 Å². The Kier molecular flexibility index (Phi) is 7.62. The number of rotatable bonds is 9. The van der Waals surface area contributed by atoms with E-state index in [0.717, 1.165) is 0 Å². The smallest absolute Gasteiger partial charge is 0.540 e. The molecule has 0 fully saturated rings. The number of hydrogen-bond acceptors (Lipinski definition) is 4. The highest BCUT2D eigenvalue weighted by molar-refractivity contribution is 6.75. The highest BCUT2D eigenvalue weighted by Crippen LogP contribution is 2.30. The molecule has 0 aromatic heterocycles. The van der Waals surface area contributed by atoms with Crippen molar-refractivity contribution in [1.82, 2.24) is 0 Å². The van der Waals surface area contributed by atoms with E-state index in [2.05, 4.69) is 0 Å². The Morgan fingerprint density at radius 2 is 1.04 bits per heavy atom. The van der Waals surface area contributed by atoms with Gasteiger partial charge in [-0.1, -0.05) is 0 Å². The average molecular weight is 401 g/mol. The Labute approximate surface area is 147 Å². The molecule has 0 saturated heterocycles. The first-order valence-electron chi connectivity index (χ1n) is 8.01. The summed E-state index contributed by atoms with van der Waals surface area (Å²) in [5.41, 5.74) is 0. The summed E-state index contributed by atoms with van der Waals surface area (Å²) in [4.78, 5) is 0. The van der Waals surface area contributed by atoms with Crippen LogP contribution in [0.4, 0.5) is 17.6 Å². The van der Waals surface area contributed by atoms with Crippen LogP contribution >= 0.6 is 0 Å². The molecule has 0 N–H and O–H groups in total. The van der Waals surface area contributed by atoms with Crippen molar-refractivity contribution in [3.8, 4) is 5.75 Å². The standard InChI is InChI=1S/C15H24F4O4Si2/c1-7-20-25(21-8-2,22-9-3)15-12(18)10(16)14(11(17)13(15)19)23-24(4,5)6/h7-9H2,1-6H3. The monoisotopic (exact) mass is 400 g/mol. The molecule has 0 aliphatic rings. The van der Waals surface area contributed by atoms with Gasteiger partial charge in [0.15, 0.2) is 17.4 Å². The molecule has 1 rings (SSSR count). The Hall–Kier alpha value is -0.946. The highest BCUT2D eigenvalue weighted by Gasteiger charge is 2.51. The molecule has 1 aromatic carbocycles. The Morgan fingerprint density at radius 3 is 1.32 bits per heavy atom. The third-order valence-corrected chi connectivity index (χ3v) is 6.81. The Balaban J connectivity index is 3.69. The molecule has 0 spiro atoms. The SMILES string of the molecule is CCO[Si](OCC)(OCC)c1c(F)c(F)c(O[Si](C)(C)C)c(F)c1F. The number of benzene rings is 1. The first-order valence-corrected chi connectivity index (χ1v) is 13.1. The van der Waals surface area contributed by atoms with Gasteiger partial charge < -0.3 is 17.7 Å². The van der Waals surface area contributed by atoms with E-state index >= 15 is 0 Å². The summed E-state index contributed by atoms with van der Waals surface area (Å²) in [7, 11) is -6.69. The van der Waals surface area contributed by atoms with Gasteiger partial charge in [-0.2, -0.15) is 8.78 Å². The van der Waals surface area contributed by atoms with Gasteiger partial charge in [0, 0.05) is 19.8 Å². The lowest BCUT2D eigenvalue weighted by Crippen LogP contribution is -2.60. The molecule has 0 bridgehead atoms. The fourth-order valence-electron chi connectivity index (χ4n) is 2.19. The Morgan fingerprint density at radius 1 is 0.680 bits per heavy atom. The van der Waals surface area contributed by atoms with Crippen molar-refractivity contribution in [1.29, 1.82) is 0 Å². The first-order chi connectivity index (χ1) is 11.5. The molecule has 0 aliphatic carbocycles. The van der Waals surface area contributed by atoms with E-state index < -0.39 is 51.3 Å². The normalized spacial score (nSPS) is 12.6. The van der Waals surface area contributed by atoms with Crippen LogP contribution in [0.3, 0.4) is 0 Å². The van der Waals surface area contributed by atoms with Crippen molar-refractivity contribution >= 4 is 22.3 Å². The maximum atomic E-state index is 14.7. The largest absolute Gasteiger partial charge is 0.543 e. The predicted molar refractivity (Wildman–Crippen MR) is 90.5 cm³/mol. The van der Waals surface area contributed by atoms with E-state index in [4.69, 9.17) is 17.7 Å². The van der Waals surface area contributed by atoms with Crippen molar-refractivity contribution in [3.05, 3.63) is 23.3 Å². The molecule has 25 heavy (non-hydrogen) atoms. The fourth-order valence-corrected chi connectivity index (χ4v) is 5.56. The van der Waals surface area contributed by atoms with Crippen LogP contribution in [0.1, 0.15) is 20.8 Å². The number of hydrogen-bond donors (Lipinski definition) is 0. The molecule has 1 aromatic rings. The van der Waals surface area contributed by atoms with Crippen LogP contribution in [0, 0.1) is 23.3 Å². The molecule has 0 amide bonds. The van der Waals surface area contributed by atoms with E-state index in [-0.39, 0.29) is 19.8 Å². The first kappa shape index (κ1) is 22.1. The molecule has 0 heterocycles. The van der Waals surface area contributed by atoms with E-state index in [0.29, 0.717) is 0 Å². The van der Waals surface area contributed by atoms with Crippen LogP contribution in [0.5, 0.6) is 5.75 Å². The minimum absolute atomic E-state index is 0.0124. The second-order valence-corrected chi connectivity index (χ2v) is 12.9. The predicted octanol–water partition coefficient (Wildman–Crippen LogP) is 3.71. The highest BCUT2D eigenvalue weighted by atomic mass is 28.4. The summed E-state index contributed by atoms with van der Waals surface area (Å²) < 4.78 is 79.5. The van der Waals surface area contributed by atoms with Gasteiger partial charge in [0.05, 0.1) is 0 Å². The van der Waals surface area contributed by atoms with Crippen molar-refractivity contribution in [3.63, 3.8) is 0 Å². The molecule has 4 nitrogen and oxygen atoms in total. The second-order valence-electron chi connectivity index (χ2n) is 6.03. The minimum Gasteiger partial charge on any atom is -0.540 e. The van der Waals surface area contributed by atoms with Gasteiger partial charge in [0.2, 0.25) is 20.0 Å². The lowest BCUT2D eigenvalue weighted by molar-refractivity contribution is 0.0839. The van der Waals surface area contributed by atoms with Crippen LogP contribution < -0.4 is 9.61 Å². The molecule has 10 heteroatoms. The molecular formula is C15H24F4O4Si2. The van der Waals surface area contributed by atoms with Gasteiger partial charge in [-0.25, -0.2) is 8.78 Å². The van der Waals surface area contributed by atoms with Crippen molar-refractivity contribution in [2.45, 2.75) is 40.4 Å². The van der Waals surface area contributed by atoms with Gasteiger partial charge in [-0.05, 0) is 40.4 Å². The molecule has 144 valence electrons. The van der Waals surface area contributed by atoms with E-state index in [1.165, 1.54) is 0 Å². The fraction of sp³-hybridized carbons (Fsp3) is 0.600. The molecule has 0 saturated carbocycles. The quantitative estimate of drug-likeness (QED) is 0.360. The molecule has 0 radical (unpaired) electrons. The van der Waals surface area contributed by atoms with Gasteiger partial charge >= 0.3 is 8.80 Å². The zero-order valence-electron chi connectivity index (χ0n) is 15.3. The summed E-state index contributed by atoms with van der Waals surface area (Å²) in [5.74, 6) is -7.53. The van der Waals surface area contributed by atoms with E-state index in [9.17, 15) is 17.6 Å². The zero-order chi connectivity index (χ0) is 19.4. The molecule has 0 aliphatic heterocycles. The van der Waals surface area contributed by atoms with Crippen LogP contribution in [0.25, 0.3) is 0 Å². The molecule has 0 atom stereocenters. The molecule has 0 unspecified atom stereocenters. The maximum absolute atomic E-state index is 14.7. The van der Waals surface area contributed by atoms with Gasteiger partial charge in [-0.3, -0.25) is 0 Å². The maximum Gasteiger partial charge on any atom is 0.543 e. The van der Waals surface area contributed by atoms with Crippen LogP contribution in [-0.4, -0.2) is 36.9 Å². The summed E-state index contributed by atoms with van der Waals surface area (Å²) >= 11 is 0. The summed E-state index contributed by atoms with van der Waals surface area (Å²) in [5, 5.41) is -0.976. The van der Waals surface area contributed by atoms with Crippen LogP contribution in [-0.2, 0) is 13.3 Å². The summed E-state index contributed by atoms with van der Waals surface area (Å²) in [6, 6.07) is 0. The van der Waals surface area contributed by atoms with Crippen molar-refractivity contribution in [2.75, 3.05) is 19.8 Å².